The molecule has 104 valence electrons. The Labute approximate surface area is 107 Å². The fraction of sp³-hybridized carbons (Fsp3) is 0.846. The molecule has 0 spiro atoms. The molecule has 1 fully saturated rings. The van der Waals surface area contributed by atoms with Crippen molar-refractivity contribution in [3.63, 3.8) is 0 Å². The van der Waals surface area contributed by atoms with Gasteiger partial charge in [-0.1, -0.05) is 0 Å². The molecule has 0 unspecified atom stereocenters. The lowest BCUT2D eigenvalue weighted by molar-refractivity contribution is -0.153. The van der Waals surface area contributed by atoms with Gasteiger partial charge in [0.1, 0.15) is 6.10 Å². The number of esters is 2. The van der Waals surface area contributed by atoms with E-state index in [1.54, 1.807) is 0 Å². The van der Waals surface area contributed by atoms with Crippen molar-refractivity contribution in [2.45, 2.75) is 57.5 Å². The number of unbranched alkanes of at least 4 members (excludes halogenated alkanes) is 1. The van der Waals surface area contributed by atoms with Crippen molar-refractivity contribution in [1.82, 2.24) is 0 Å². The molecule has 0 aliphatic heterocycles. The zero-order chi connectivity index (χ0) is 13.2. The molecule has 0 aromatic rings. The summed E-state index contributed by atoms with van der Waals surface area (Å²) in [4.78, 5) is 22.7. The molecule has 5 nitrogen and oxygen atoms in total. The number of hydrogen-bond donors (Lipinski definition) is 1. The third kappa shape index (κ3) is 6.59. The highest BCUT2D eigenvalue weighted by Crippen LogP contribution is 2.21. The molecular weight excluding hydrogens is 236 g/mol. The summed E-state index contributed by atoms with van der Waals surface area (Å²) < 4.78 is 10.1. The Morgan fingerprint density at radius 2 is 1.72 bits per heavy atom. The number of ether oxygens (including phenoxy) is 2. The summed E-state index contributed by atoms with van der Waals surface area (Å²) in [5, 5.41) is 8.54. The molecule has 0 atom stereocenters. The average molecular weight is 258 g/mol. The first-order chi connectivity index (χ1) is 8.72. The van der Waals surface area contributed by atoms with Gasteiger partial charge in [-0.25, -0.2) is 0 Å². The maximum Gasteiger partial charge on any atom is 0.306 e. The van der Waals surface area contributed by atoms with E-state index in [9.17, 15) is 9.59 Å². The minimum absolute atomic E-state index is 0.0538. The number of aliphatic hydroxyl groups is 1. The van der Waals surface area contributed by atoms with E-state index in [-0.39, 0.29) is 37.5 Å². The van der Waals surface area contributed by atoms with E-state index in [0.29, 0.717) is 19.4 Å². The molecule has 1 N–H and O–H groups in total. The maximum atomic E-state index is 11.4. The summed E-state index contributed by atoms with van der Waals surface area (Å²) in [5.41, 5.74) is 0. The van der Waals surface area contributed by atoms with Crippen LogP contribution in [0.1, 0.15) is 51.4 Å². The fourth-order valence-electron chi connectivity index (χ4n) is 1.93. The summed E-state index contributed by atoms with van der Waals surface area (Å²) in [7, 11) is 0. The molecule has 0 saturated heterocycles. The Balaban J connectivity index is 2.00. The fourth-order valence-corrected chi connectivity index (χ4v) is 1.93. The molecule has 1 aliphatic carbocycles. The van der Waals surface area contributed by atoms with Crippen molar-refractivity contribution in [2.75, 3.05) is 13.2 Å². The summed E-state index contributed by atoms with van der Waals surface area (Å²) in [6.45, 7) is 0.405. The molecule has 0 heterocycles. The molecule has 0 aromatic heterocycles. The minimum Gasteiger partial charge on any atom is -0.466 e. The van der Waals surface area contributed by atoms with Crippen LogP contribution < -0.4 is 0 Å². The van der Waals surface area contributed by atoms with Crippen LogP contribution in [0.4, 0.5) is 0 Å². The van der Waals surface area contributed by atoms with Crippen LogP contribution in [0.5, 0.6) is 0 Å². The number of carbonyl (C=O) groups excluding carboxylic acids is 2. The normalized spacial score (nSPS) is 15.6. The SMILES string of the molecule is O=C(CCC(=O)OC1CCCC1)OCCCCO. The molecule has 5 heteroatoms. The van der Waals surface area contributed by atoms with Gasteiger partial charge in [-0.15, -0.1) is 0 Å². The van der Waals surface area contributed by atoms with Gasteiger partial charge >= 0.3 is 11.9 Å². The monoisotopic (exact) mass is 258 g/mol. The Morgan fingerprint density at radius 3 is 2.39 bits per heavy atom. The predicted molar refractivity (Wildman–Crippen MR) is 64.9 cm³/mol. The number of carbonyl (C=O) groups is 2. The van der Waals surface area contributed by atoms with E-state index in [2.05, 4.69) is 0 Å². The molecule has 0 bridgehead atoms. The molecule has 1 aliphatic rings. The van der Waals surface area contributed by atoms with Gasteiger partial charge in [-0.05, 0) is 38.5 Å². The number of aliphatic hydroxyl groups excluding tert-OH is 1. The van der Waals surface area contributed by atoms with Crippen molar-refractivity contribution in [3.8, 4) is 0 Å². The van der Waals surface area contributed by atoms with Gasteiger partial charge in [-0.2, -0.15) is 0 Å². The lowest BCUT2D eigenvalue weighted by atomic mass is 10.3. The van der Waals surface area contributed by atoms with Gasteiger partial charge < -0.3 is 14.6 Å². The molecular formula is C13H22O5. The molecule has 0 aromatic carbocycles. The highest BCUT2D eigenvalue weighted by atomic mass is 16.5. The Hall–Kier alpha value is -1.10. The van der Waals surface area contributed by atoms with Crippen molar-refractivity contribution < 1.29 is 24.2 Å². The highest BCUT2D eigenvalue weighted by Gasteiger charge is 2.19. The van der Waals surface area contributed by atoms with Crippen LogP contribution in [0.25, 0.3) is 0 Å². The lowest BCUT2D eigenvalue weighted by Gasteiger charge is -2.10. The van der Waals surface area contributed by atoms with E-state index >= 15 is 0 Å². The van der Waals surface area contributed by atoms with Crippen molar-refractivity contribution in [2.24, 2.45) is 0 Å². The smallest absolute Gasteiger partial charge is 0.306 e. The largest absolute Gasteiger partial charge is 0.466 e. The van der Waals surface area contributed by atoms with E-state index in [1.165, 1.54) is 0 Å². The first-order valence-corrected chi connectivity index (χ1v) is 6.68. The maximum absolute atomic E-state index is 11.4. The van der Waals surface area contributed by atoms with Gasteiger partial charge in [0.15, 0.2) is 0 Å². The van der Waals surface area contributed by atoms with E-state index in [1.807, 2.05) is 0 Å². The lowest BCUT2D eigenvalue weighted by Crippen LogP contribution is -2.16. The van der Waals surface area contributed by atoms with Crippen LogP contribution >= 0.6 is 0 Å². The van der Waals surface area contributed by atoms with Gasteiger partial charge in [0.2, 0.25) is 0 Å². The number of hydrogen-bond acceptors (Lipinski definition) is 5. The first kappa shape index (κ1) is 15.0. The Kier molecular flexibility index (Phi) is 7.41. The molecule has 18 heavy (non-hydrogen) atoms. The summed E-state index contributed by atoms with van der Waals surface area (Å²) in [5.74, 6) is -0.689. The number of rotatable bonds is 8. The summed E-state index contributed by atoms with van der Waals surface area (Å²) in [6, 6.07) is 0. The van der Waals surface area contributed by atoms with E-state index in [0.717, 1.165) is 25.7 Å². The van der Waals surface area contributed by atoms with E-state index < -0.39 is 0 Å². The molecule has 0 amide bonds. The van der Waals surface area contributed by atoms with Crippen LogP contribution in [0, 0.1) is 0 Å². The first-order valence-electron chi connectivity index (χ1n) is 6.68. The summed E-state index contributed by atoms with van der Waals surface area (Å²) in [6.07, 6.45) is 5.61. The second kappa shape index (κ2) is 8.91. The highest BCUT2D eigenvalue weighted by molar-refractivity contribution is 5.77. The summed E-state index contributed by atoms with van der Waals surface area (Å²) >= 11 is 0. The van der Waals surface area contributed by atoms with Crippen molar-refractivity contribution >= 4 is 11.9 Å². The van der Waals surface area contributed by atoms with Gasteiger partial charge in [0.25, 0.3) is 0 Å². The Bertz CT molecular complexity index is 258. The molecule has 1 saturated carbocycles. The third-order valence-electron chi connectivity index (χ3n) is 2.95. The predicted octanol–water partition coefficient (Wildman–Crippen LogP) is 1.57. The minimum atomic E-state index is -0.378. The van der Waals surface area contributed by atoms with Crippen LogP contribution in [-0.2, 0) is 19.1 Å². The Morgan fingerprint density at radius 1 is 1.06 bits per heavy atom. The zero-order valence-corrected chi connectivity index (χ0v) is 10.7. The van der Waals surface area contributed by atoms with Gasteiger partial charge in [0, 0.05) is 6.61 Å². The van der Waals surface area contributed by atoms with Crippen molar-refractivity contribution in [3.05, 3.63) is 0 Å². The van der Waals surface area contributed by atoms with Crippen LogP contribution in [0.3, 0.4) is 0 Å². The van der Waals surface area contributed by atoms with E-state index in [4.69, 9.17) is 14.6 Å². The second-order valence-corrected chi connectivity index (χ2v) is 4.55. The van der Waals surface area contributed by atoms with Gasteiger partial charge in [-0.3, -0.25) is 9.59 Å². The average Bonchev–Trinajstić information content (AvgIpc) is 2.85. The quantitative estimate of drug-likeness (QED) is 0.528. The second-order valence-electron chi connectivity index (χ2n) is 4.55. The molecule has 0 radical (unpaired) electrons. The van der Waals surface area contributed by atoms with Crippen LogP contribution in [0.15, 0.2) is 0 Å². The standard InChI is InChI=1S/C13H22O5/c14-9-3-4-10-17-12(15)7-8-13(16)18-11-5-1-2-6-11/h11,14H,1-10H2. The zero-order valence-electron chi connectivity index (χ0n) is 10.7. The third-order valence-corrected chi connectivity index (χ3v) is 2.95. The topological polar surface area (TPSA) is 72.8 Å². The van der Waals surface area contributed by atoms with Crippen LogP contribution in [0.2, 0.25) is 0 Å². The van der Waals surface area contributed by atoms with Crippen LogP contribution in [-0.4, -0.2) is 36.4 Å². The van der Waals surface area contributed by atoms with Gasteiger partial charge in [0.05, 0.1) is 19.4 Å². The molecule has 1 rings (SSSR count). The van der Waals surface area contributed by atoms with Crippen molar-refractivity contribution in [1.29, 1.82) is 0 Å².